The molecule has 1 saturated carbocycles. The predicted octanol–water partition coefficient (Wildman–Crippen LogP) is 3.46. The van der Waals surface area contributed by atoms with E-state index in [2.05, 4.69) is 29.6 Å². The van der Waals surface area contributed by atoms with E-state index in [1.165, 1.54) is 24.8 Å². The molecule has 2 heteroatoms. The Hall–Kier alpha value is -1.15. The summed E-state index contributed by atoms with van der Waals surface area (Å²) in [5.74, 6) is 0.840. The maximum atomic E-state index is 13.2. The fraction of sp³-hybridized carbons (Fsp3) is 0.611. The molecule has 1 saturated heterocycles. The van der Waals surface area contributed by atoms with Crippen molar-refractivity contribution < 1.29 is 4.79 Å². The number of carbonyl (C=O) groups excluding carboxylic acids is 1. The molecule has 2 nitrogen and oxygen atoms in total. The van der Waals surface area contributed by atoms with Crippen LogP contribution >= 0.6 is 0 Å². The van der Waals surface area contributed by atoms with E-state index in [1.807, 2.05) is 6.07 Å². The van der Waals surface area contributed by atoms with Gasteiger partial charge in [0.1, 0.15) is 5.78 Å². The van der Waals surface area contributed by atoms with Crippen LogP contribution in [0, 0.1) is 5.92 Å². The molecule has 2 aliphatic rings. The van der Waals surface area contributed by atoms with Gasteiger partial charge in [-0.2, -0.15) is 0 Å². The maximum Gasteiger partial charge on any atom is 0.146 e. The van der Waals surface area contributed by atoms with E-state index in [0.717, 1.165) is 38.8 Å². The molecular formula is C18H25NO. The first kappa shape index (κ1) is 13.8. The summed E-state index contributed by atoms with van der Waals surface area (Å²) in [7, 11) is 0. The number of carbonyl (C=O) groups is 1. The third-order valence-corrected chi connectivity index (χ3v) is 5.23. The number of rotatable bonds is 3. The summed E-state index contributed by atoms with van der Waals surface area (Å²) >= 11 is 0. The second kappa shape index (κ2) is 6.09. The fourth-order valence-electron chi connectivity index (χ4n) is 4.04. The summed E-state index contributed by atoms with van der Waals surface area (Å²) in [6.45, 7) is 1.93. The van der Waals surface area contributed by atoms with Crippen molar-refractivity contribution in [1.29, 1.82) is 0 Å². The molecule has 1 aliphatic heterocycles. The highest BCUT2D eigenvalue weighted by Crippen LogP contribution is 2.40. The van der Waals surface area contributed by atoms with Crippen molar-refractivity contribution in [2.45, 2.75) is 50.4 Å². The van der Waals surface area contributed by atoms with Gasteiger partial charge >= 0.3 is 0 Å². The van der Waals surface area contributed by atoms with Crippen molar-refractivity contribution in [3.05, 3.63) is 35.9 Å². The molecule has 0 bridgehead atoms. The SMILES string of the molecule is O=C(C1CCCCC1)C1(c2ccccc2)CCNCC1. The van der Waals surface area contributed by atoms with Crippen molar-refractivity contribution >= 4 is 5.78 Å². The first-order valence-electron chi connectivity index (χ1n) is 8.13. The summed E-state index contributed by atoms with van der Waals surface area (Å²) in [5, 5.41) is 3.41. The van der Waals surface area contributed by atoms with Crippen molar-refractivity contribution in [2.24, 2.45) is 5.92 Å². The predicted molar refractivity (Wildman–Crippen MR) is 81.8 cm³/mol. The zero-order chi connectivity index (χ0) is 13.8. The zero-order valence-electron chi connectivity index (χ0n) is 12.2. The molecule has 1 heterocycles. The van der Waals surface area contributed by atoms with Gasteiger partial charge < -0.3 is 5.32 Å². The van der Waals surface area contributed by atoms with Gasteiger partial charge in [0.2, 0.25) is 0 Å². The average molecular weight is 271 g/mol. The van der Waals surface area contributed by atoms with Crippen LogP contribution < -0.4 is 5.32 Å². The van der Waals surface area contributed by atoms with Crippen LogP contribution in [-0.2, 0) is 10.2 Å². The number of piperidine rings is 1. The molecule has 0 aromatic heterocycles. The van der Waals surface area contributed by atoms with Crippen molar-refractivity contribution in [3.63, 3.8) is 0 Å². The molecular weight excluding hydrogens is 246 g/mol. The Labute approximate surface area is 122 Å². The Balaban J connectivity index is 1.91. The number of Topliss-reactive ketones (excluding diaryl/α,β-unsaturated/α-hetero) is 1. The van der Waals surface area contributed by atoms with Crippen LogP contribution in [-0.4, -0.2) is 18.9 Å². The summed E-state index contributed by atoms with van der Waals surface area (Å²) in [6, 6.07) is 10.5. The van der Waals surface area contributed by atoms with Crippen molar-refractivity contribution in [2.75, 3.05) is 13.1 Å². The smallest absolute Gasteiger partial charge is 0.146 e. The second-order valence-electron chi connectivity index (χ2n) is 6.40. The average Bonchev–Trinajstić information content (AvgIpc) is 2.56. The molecule has 1 aliphatic carbocycles. The molecule has 0 radical (unpaired) electrons. The largest absolute Gasteiger partial charge is 0.317 e. The van der Waals surface area contributed by atoms with Gasteiger partial charge in [-0.3, -0.25) is 4.79 Å². The first-order valence-corrected chi connectivity index (χ1v) is 8.13. The highest BCUT2D eigenvalue weighted by molar-refractivity contribution is 5.92. The Morgan fingerprint density at radius 2 is 1.65 bits per heavy atom. The first-order chi connectivity index (χ1) is 9.83. The minimum Gasteiger partial charge on any atom is -0.317 e. The summed E-state index contributed by atoms with van der Waals surface area (Å²) in [4.78, 5) is 13.2. The van der Waals surface area contributed by atoms with Gasteiger partial charge in [-0.1, -0.05) is 49.6 Å². The third kappa shape index (κ3) is 2.54. The molecule has 20 heavy (non-hydrogen) atoms. The van der Waals surface area contributed by atoms with Gasteiger partial charge in [-0.25, -0.2) is 0 Å². The van der Waals surface area contributed by atoms with Crippen LogP contribution in [0.4, 0.5) is 0 Å². The highest BCUT2D eigenvalue weighted by Gasteiger charge is 2.43. The van der Waals surface area contributed by atoms with Gasteiger partial charge in [0, 0.05) is 5.92 Å². The van der Waals surface area contributed by atoms with Crippen molar-refractivity contribution in [1.82, 2.24) is 5.32 Å². The molecule has 1 aromatic carbocycles. The van der Waals surface area contributed by atoms with E-state index >= 15 is 0 Å². The van der Waals surface area contributed by atoms with Crippen LogP contribution in [0.2, 0.25) is 0 Å². The molecule has 108 valence electrons. The van der Waals surface area contributed by atoms with E-state index in [-0.39, 0.29) is 5.41 Å². The Morgan fingerprint density at radius 1 is 1.00 bits per heavy atom. The monoisotopic (exact) mass is 271 g/mol. The number of hydrogen-bond donors (Lipinski definition) is 1. The standard InChI is InChI=1S/C18H25NO/c20-17(15-7-3-1-4-8-15)18(11-13-19-14-12-18)16-9-5-2-6-10-16/h2,5-6,9-10,15,19H,1,3-4,7-8,11-14H2. The lowest BCUT2D eigenvalue weighted by Gasteiger charge is -2.40. The number of benzene rings is 1. The molecule has 0 amide bonds. The molecule has 1 aromatic rings. The quantitative estimate of drug-likeness (QED) is 0.912. The van der Waals surface area contributed by atoms with Crippen LogP contribution in [0.3, 0.4) is 0 Å². The Morgan fingerprint density at radius 3 is 2.30 bits per heavy atom. The molecule has 2 fully saturated rings. The molecule has 1 N–H and O–H groups in total. The maximum absolute atomic E-state index is 13.2. The van der Waals surface area contributed by atoms with Gasteiger partial charge in [0.15, 0.2) is 0 Å². The Kier molecular flexibility index (Phi) is 4.21. The number of ketones is 1. The zero-order valence-corrected chi connectivity index (χ0v) is 12.2. The fourth-order valence-corrected chi connectivity index (χ4v) is 4.04. The molecule has 0 atom stereocenters. The minimum absolute atomic E-state index is 0.214. The van der Waals surface area contributed by atoms with Gasteiger partial charge in [-0.05, 0) is 44.3 Å². The highest BCUT2D eigenvalue weighted by atomic mass is 16.1. The number of hydrogen-bond acceptors (Lipinski definition) is 2. The number of nitrogens with one attached hydrogen (secondary N) is 1. The van der Waals surface area contributed by atoms with E-state index in [9.17, 15) is 4.79 Å². The Bertz CT molecular complexity index is 442. The lowest BCUT2D eigenvalue weighted by Crippen LogP contribution is -2.48. The molecule has 0 spiro atoms. The van der Waals surface area contributed by atoms with Gasteiger partial charge in [0.25, 0.3) is 0 Å². The lowest BCUT2D eigenvalue weighted by atomic mass is 9.65. The van der Waals surface area contributed by atoms with Crippen LogP contribution in [0.25, 0.3) is 0 Å². The van der Waals surface area contributed by atoms with E-state index in [4.69, 9.17) is 0 Å². The summed E-state index contributed by atoms with van der Waals surface area (Å²) in [5.41, 5.74) is 1.03. The topological polar surface area (TPSA) is 29.1 Å². The van der Waals surface area contributed by atoms with Gasteiger partial charge in [-0.15, -0.1) is 0 Å². The summed E-state index contributed by atoms with van der Waals surface area (Å²) < 4.78 is 0. The van der Waals surface area contributed by atoms with Crippen LogP contribution in [0.5, 0.6) is 0 Å². The van der Waals surface area contributed by atoms with Gasteiger partial charge in [0.05, 0.1) is 5.41 Å². The molecule has 0 unspecified atom stereocenters. The lowest BCUT2D eigenvalue weighted by molar-refractivity contribution is -0.130. The van der Waals surface area contributed by atoms with E-state index in [1.54, 1.807) is 0 Å². The van der Waals surface area contributed by atoms with Crippen LogP contribution in [0.15, 0.2) is 30.3 Å². The minimum atomic E-state index is -0.214. The second-order valence-corrected chi connectivity index (χ2v) is 6.40. The van der Waals surface area contributed by atoms with E-state index in [0.29, 0.717) is 11.7 Å². The van der Waals surface area contributed by atoms with Crippen LogP contribution in [0.1, 0.15) is 50.5 Å². The normalized spacial score (nSPS) is 23.4. The molecule has 3 rings (SSSR count). The van der Waals surface area contributed by atoms with Crippen molar-refractivity contribution in [3.8, 4) is 0 Å². The summed E-state index contributed by atoms with van der Waals surface area (Å²) in [6.07, 6.45) is 7.93. The third-order valence-electron chi connectivity index (χ3n) is 5.23. The van der Waals surface area contributed by atoms with E-state index < -0.39 is 0 Å².